The smallest absolute Gasteiger partial charge is 0.335 e. The molecule has 2 N–H and O–H groups in total. The summed E-state index contributed by atoms with van der Waals surface area (Å²) in [6, 6.07) is 11.1. The first-order valence-corrected chi connectivity index (χ1v) is 8.53. The Labute approximate surface area is 156 Å². The molecule has 2 aromatic carbocycles. The molecular formula is C20H20N2O5. The summed E-state index contributed by atoms with van der Waals surface area (Å²) in [5, 5.41) is 11.9. The van der Waals surface area contributed by atoms with Gasteiger partial charge in [-0.2, -0.15) is 0 Å². The lowest BCUT2D eigenvalue weighted by molar-refractivity contribution is -0.127. The Kier molecular flexibility index (Phi) is 5.12. The number of amides is 2. The summed E-state index contributed by atoms with van der Waals surface area (Å²) >= 11 is 0. The van der Waals surface area contributed by atoms with E-state index in [1.165, 1.54) is 19.2 Å². The molecule has 1 saturated heterocycles. The van der Waals surface area contributed by atoms with E-state index < -0.39 is 12.0 Å². The van der Waals surface area contributed by atoms with Gasteiger partial charge in [-0.15, -0.1) is 0 Å². The summed E-state index contributed by atoms with van der Waals surface area (Å²) < 4.78 is 5.33. The standard InChI is InChI=1S/C20H20N2O5/c1-12-18(23)21-8-9-22(12)19(24)14-5-3-4-13(10-14)16-7-6-15(20(25)26)11-17(16)27-2/h3-7,10-12H,8-9H2,1-2H3,(H,21,23)(H,25,26)/t12-/m1/s1. The minimum atomic E-state index is -1.04. The lowest BCUT2D eigenvalue weighted by Gasteiger charge is -2.33. The lowest BCUT2D eigenvalue weighted by Crippen LogP contribution is -2.55. The van der Waals surface area contributed by atoms with Crippen LogP contribution in [0.5, 0.6) is 5.75 Å². The van der Waals surface area contributed by atoms with E-state index in [9.17, 15) is 14.4 Å². The summed E-state index contributed by atoms with van der Waals surface area (Å²) in [4.78, 5) is 37.4. The summed E-state index contributed by atoms with van der Waals surface area (Å²) in [6.07, 6.45) is 0. The van der Waals surface area contributed by atoms with Gasteiger partial charge in [-0.05, 0) is 42.8 Å². The number of carboxylic acid groups (broad SMARTS) is 1. The molecule has 1 fully saturated rings. The maximum absolute atomic E-state index is 12.9. The quantitative estimate of drug-likeness (QED) is 0.861. The van der Waals surface area contributed by atoms with Crippen LogP contribution in [0.1, 0.15) is 27.6 Å². The SMILES string of the molecule is COc1cc(C(=O)O)ccc1-c1cccc(C(=O)N2CCNC(=O)[C@H]2C)c1. The molecule has 0 bridgehead atoms. The number of aromatic carboxylic acids is 1. The third kappa shape index (κ3) is 3.62. The third-order valence-corrected chi connectivity index (χ3v) is 4.63. The molecule has 2 aromatic rings. The van der Waals surface area contributed by atoms with Crippen LogP contribution in [0.3, 0.4) is 0 Å². The van der Waals surface area contributed by atoms with Crippen molar-refractivity contribution in [3.63, 3.8) is 0 Å². The van der Waals surface area contributed by atoms with Gasteiger partial charge in [0.25, 0.3) is 5.91 Å². The van der Waals surface area contributed by atoms with E-state index in [0.717, 1.165) is 5.56 Å². The first-order valence-electron chi connectivity index (χ1n) is 8.53. The van der Waals surface area contributed by atoms with E-state index >= 15 is 0 Å². The van der Waals surface area contributed by atoms with E-state index in [1.54, 1.807) is 36.1 Å². The second-order valence-corrected chi connectivity index (χ2v) is 6.27. The molecule has 27 heavy (non-hydrogen) atoms. The molecule has 0 saturated carbocycles. The number of methoxy groups -OCH3 is 1. The molecule has 7 heteroatoms. The Bertz CT molecular complexity index is 909. The minimum absolute atomic E-state index is 0.121. The Hall–Kier alpha value is -3.35. The zero-order chi connectivity index (χ0) is 19.6. The van der Waals surface area contributed by atoms with Crippen molar-refractivity contribution in [2.24, 2.45) is 0 Å². The van der Waals surface area contributed by atoms with E-state index in [-0.39, 0.29) is 17.4 Å². The van der Waals surface area contributed by atoms with Crippen molar-refractivity contribution in [1.82, 2.24) is 10.2 Å². The summed E-state index contributed by atoms with van der Waals surface area (Å²) in [6.45, 7) is 2.58. The Morgan fingerprint density at radius 1 is 1.19 bits per heavy atom. The van der Waals surface area contributed by atoms with Gasteiger partial charge in [0.05, 0.1) is 12.7 Å². The summed E-state index contributed by atoms with van der Waals surface area (Å²) in [7, 11) is 1.47. The van der Waals surface area contributed by atoms with Crippen LogP contribution in [0, 0.1) is 0 Å². The number of carbonyl (C=O) groups excluding carboxylic acids is 2. The number of rotatable bonds is 4. The first-order chi connectivity index (χ1) is 12.9. The van der Waals surface area contributed by atoms with Crippen LogP contribution in [0.2, 0.25) is 0 Å². The number of hydrogen-bond donors (Lipinski definition) is 2. The van der Waals surface area contributed by atoms with Crippen LogP contribution in [-0.4, -0.2) is 54.0 Å². The van der Waals surface area contributed by atoms with Gasteiger partial charge in [-0.1, -0.05) is 12.1 Å². The number of nitrogens with one attached hydrogen (secondary N) is 1. The Balaban J connectivity index is 1.95. The number of benzene rings is 2. The van der Waals surface area contributed by atoms with Crippen LogP contribution in [0.15, 0.2) is 42.5 Å². The molecule has 0 aliphatic carbocycles. The van der Waals surface area contributed by atoms with Crippen molar-refractivity contribution in [2.45, 2.75) is 13.0 Å². The van der Waals surface area contributed by atoms with E-state index in [2.05, 4.69) is 5.32 Å². The number of hydrogen-bond acceptors (Lipinski definition) is 4. The van der Waals surface area contributed by atoms with E-state index in [0.29, 0.717) is 30.0 Å². The Morgan fingerprint density at radius 2 is 1.96 bits per heavy atom. The molecule has 140 valence electrons. The van der Waals surface area contributed by atoms with Gasteiger partial charge in [0.1, 0.15) is 11.8 Å². The molecule has 7 nitrogen and oxygen atoms in total. The molecule has 1 aliphatic heterocycles. The maximum atomic E-state index is 12.9. The second kappa shape index (κ2) is 7.49. The molecule has 0 aromatic heterocycles. The maximum Gasteiger partial charge on any atom is 0.335 e. The molecule has 0 spiro atoms. The van der Waals surface area contributed by atoms with Crippen molar-refractivity contribution in [1.29, 1.82) is 0 Å². The normalized spacial score (nSPS) is 16.6. The average Bonchev–Trinajstić information content (AvgIpc) is 2.69. The van der Waals surface area contributed by atoms with Gasteiger partial charge < -0.3 is 20.1 Å². The summed E-state index contributed by atoms with van der Waals surface area (Å²) in [5.74, 6) is -1.02. The predicted octanol–water partition coefficient (Wildman–Crippen LogP) is 2.02. The molecule has 1 heterocycles. The fraction of sp³-hybridized carbons (Fsp3) is 0.250. The monoisotopic (exact) mass is 368 g/mol. The van der Waals surface area contributed by atoms with Gasteiger partial charge >= 0.3 is 5.97 Å². The number of nitrogens with zero attached hydrogens (tertiary/aromatic N) is 1. The van der Waals surface area contributed by atoms with Gasteiger partial charge in [0.15, 0.2) is 0 Å². The number of carbonyl (C=O) groups is 3. The van der Waals surface area contributed by atoms with E-state index in [4.69, 9.17) is 9.84 Å². The highest BCUT2D eigenvalue weighted by atomic mass is 16.5. The van der Waals surface area contributed by atoms with Crippen LogP contribution >= 0.6 is 0 Å². The van der Waals surface area contributed by atoms with E-state index in [1.807, 2.05) is 6.07 Å². The molecule has 3 rings (SSSR count). The topological polar surface area (TPSA) is 95.9 Å². The van der Waals surface area contributed by atoms with Crippen molar-refractivity contribution in [3.8, 4) is 16.9 Å². The molecule has 1 aliphatic rings. The van der Waals surface area contributed by atoms with Gasteiger partial charge in [0.2, 0.25) is 5.91 Å². The van der Waals surface area contributed by atoms with Gasteiger partial charge in [0, 0.05) is 24.2 Å². The zero-order valence-electron chi connectivity index (χ0n) is 15.1. The number of piperazine rings is 1. The minimum Gasteiger partial charge on any atom is -0.496 e. The second-order valence-electron chi connectivity index (χ2n) is 6.27. The van der Waals surface area contributed by atoms with Crippen LogP contribution < -0.4 is 10.1 Å². The van der Waals surface area contributed by atoms with Crippen LogP contribution in [0.25, 0.3) is 11.1 Å². The number of carboxylic acids is 1. The zero-order valence-corrected chi connectivity index (χ0v) is 15.1. The molecule has 0 radical (unpaired) electrons. The molecule has 0 unspecified atom stereocenters. The largest absolute Gasteiger partial charge is 0.496 e. The fourth-order valence-corrected chi connectivity index (χ4v) is 3.11. The van der Waals surface area contributed by atoms with Crippen molar-refractivity contribution in [2.75, 3.05) is 20.2 Å². The Morgan fingerprint density at radius 3 is 2.67 bits per heavy atom. The van der Waals surface area contributed by atoms with Crippen LogP contribution in [-0.2, 0) is 4.79 Å². The van der Waals surface area contributed by atoms with Gasteiger partial charge in [-0.3, -0.25) is 9.59 Å². The lowest BCUT2D eigenvalue weighted by atomic mass is 9.99. The number of ether oxygens (including phenoxy) is 1. The summed E-state index contributed by atoms with van der Waals surface area (Å²) in [5.41, 5.74) is 1.99. The highest BCUT2D eigenvalue weighted by Crippen LogP contribution is 2.31. The van der Waals surface area contributed by atoms with Crippen molar-refractivity contribution in [3.05, 3.63) is 53.6 Å². The highest BCUT2D eigenvalue weighted by Gasteiger charge is 2.30. The predicted molar refractivity (Wildman–Crippen MR) is 98.9 cm³/mol. The fourth-order valence-electron chi connectivity index (χ4n) is 3.11. The van der Waals surface area contributed by atoms with Crippen molar-refractivity contribution < 1.29 is 24.2 Å². The highest BCUT2D eigenvalue weighted by molar-refractivity contribution is 5.99. The van der Waals surface area contributed by atoms with Gasteiger partial charge in [-0.25, -0.2) is 4.79 Å². The average molecular weight is 368 g/mol. The molecule has 1 atom stereocenters. The molecule has 2 amide bonds. The van der Waals surface area contributed by atoms with Crippen LogP contribution in [0.4, 0.5) is 0 Å². The third-order valence-electron chi connectivity index (χ3n) is 4.63. The first kappa shape index (κ1) is 18.4. The van der Waals surface area contributed by atoms with Crippen molar-refractivity contribution >= 4 is 17.8 Å². The molecular weight excluding hydrogens is 348 g/mol.